The molecular weight excluding hydrogens is 384 g/mol. The smallest absolute Gasteiger partial charge is 0.00322 e. The van der Waals surface area contributed by atoms with Gasteiger partial charge in [-0.1, -0.05) is 101 Å². The normalized spacial score (nSPS) is 15.2. The van der Waals surface area contributed by atoms with Crippen molar-refractivity contribution in [1.29, 1.82) is 0 Å². The summed E-state index contributed by atoms with van der Waals surface area (Å²) in [7, 11) is 0. The van der Waals surface area contributed by atoms with Crippen LogP contribution in [0.1, 0.15) is 85.9 Å². The van der Waals surface area contributed by atoms with Gasteiger partial charge in [-0.3, -0.25) is 0 Å². The second-order valence-corrected chi connectivity index (χ2v) is 10.4. The minimum absolute atomic E-state index is 0.127. The van der Waals surface area contributed by atoms with Crippen LogP contribution in [0, 0.1) is 20.8 Å². The highest BCUT2D eigenvalue weighted by molar-refractivity contribution is 5.45. The third-order valence-electron chi connectivity index (χ3n) is 7.90. The van der Waals surface area contributed by atoms with E-state index in [1.54, 1.807) is 0 Å². The third-order valence-corrected chi connectivity index (χ3v) is 7.90. The lowest BCUT2D eigenvalue weighted by atomic mass is 9.67. The van der Waals surface area contributed by atoms with Gasteiger partial charge in [0.1, 0.15) is 0 Å². The molecule has 0 aromatic heterocycles. The molecule has 0 heterocycles. The molecule has 170 valence electrons. The molecule has 3 aromatic carbocycles. The fourth-order valence-corrected chi connectivity index (χ4v) is 5.68. The summed E-state index contributed by atoms with van der Waals surface area (Å²) in [4.78, 5) is 0. The van der Waals surface area contributed by atoms with E-state index >= 15 is 0 Å². The van der Waals surface area contributed by atoms with Crippen LogP contribution >= 0.6 is 0 Å². The molecule has 32 heavy (non-hydrogen) atoms. The van der Waals surface area contributed by atoms with Crippen molar-refractivity contribution in [2.24, 2.45) is 0 Å². The molecule has 0 saturated carbocycles. The predicted molar refractivity (Wildman–Crippen MR) is 141 cm³/mol. The quantitative estimate of drug-likeness (QED) is 0.320. The number of rotatable bonds is 9. The zero-order valence-corrected chi connectivity index (χ0v) is 21.4. The Bertz CT molecular complexity index is 1040. The molecule has 0 fully saturated rings. The van der Waals surface area contributed by atoms with E-state index in [0.29, 0.717) is 0 Å². The van der Waals surface area contributed by atoms with Crippen LogP contribution < -0.4 is 0 Å². The molecule has 0 spiro atoms. The first kappa shape index (κ1) is 24.3. The fourth-order valence-electron chi connectivity index (χ4n) is 5.68. The van der Waals surface area contributed by atoms with Gasteiger partial charge >= 0.3 is 0 Å². The molecule has 3 rings (SSSR count). The molecule has 0 nitrogen and oxygen atoms in total. The standard InChI is InChI=1S/C32H42/c1-8-21-32(7,23-28-18-13-11-16-25(28)4)30-20-14-19-29(26(30)5)31(6,9-2)22-27-17-12-10-15-24(27)3/h10-20H,8-9,21-23H2,1-7H3. The first-order chi connectivity index (χ1) is 15.2. The second kappa shape index (κ2) is 10.1. The minimum Gasteiger partial charge on any atom is -0.0654 e. The van der Waals surface area contributed by atoms with E-state index in [0.717, 1.165) is 19.3 Å². The third kappa shape index (κ3) is 5.01. The lowest BCUT2D eigenvalue weighted by Gasteiger charge is -2.37. The molecule has 2 unspecified atom stereocenters. The maximum Gasteiger partial charge on any atom is -0.00322 e. The Morgan fingerprint density at radius 1 is 0.594 bits per heavy atom. The predicted octanol–water partition coefficient (Wildman–Crippen LogP) is 8.82. The fraction of sp³-hybridized carbons (Fsp3) is 0.438. The molecule has 0 aliphatic heterocycles. The highest BCUT2D eigenvalue weighted by atomic mass is 14.4. The van der Waals surface area contributed by atoms with Gasteiger partial charge < -0.3 is 0 Å². The lowest BCUT2D eigenvalue weighted by molar-refractivity contribution is 0.414. The van der Waals surface area contributed by atoms with Gasteiger partial charge in [-0.05, 0) is 96.2 Å². The molecule has 0 aliphatic rings. The van der Waals surface area contributed by atoms with E-state index in [1.165, 1.54) is 51.8 Å². The van der Waals surface area contributed by atoms with Crippen LogP contribution in [-0.2, 0) is 23.7 Å². The van der Waals surface area contributed by atoms with Crippen LogP contribution in [-0.4, -0.2) is 0 Å². The number of aryl methyl sites for hydroxylation is 2. The van der Waals surface area contributed by atoms with Gasteiger partial charge in [0.15, 0.2) is 0 Å². The van der Waals surface area contributed by atoms with E-state index in [9.17, 15) is 0 Å². The van der Waals surface area contributed by atoms with E-state index in [4.69, 9.17) is 0 Å². The Morgan fingerprint density at radius 3 is 1.53 bits per heavy atom. The zero-order valence-electron chi connectivity index (χ0n) is 21.4. The largest absolute Gasteiger partial charge is 0.0654 e. The zero-order chi connectivity index (χ0) is 23.4. The SMILES string of the molecule is CCCC(C)(Cc1ccccc1C)c1cccc(C(C)(CC)Cc2ccccc2C)c1C. The first-order valence-electron chi connectivity index (χ1n) is 12.4. The molecule has 0 radical (unpaired) electrons. The highest BCUT2D eigenvalue weighted by Crippen LogP contribution is 2.41. The summed E-state index contributed by atoms with van der Waals surface area (Å²) in [6.45, 7) is 16.5. The summed E-state index contributed by atoms with van der Waals surface area (Å²) in [5.41, 5.74) is 10.6. The Balaban J connectivity index is 2.06. The molecule has 2 atom stereocenters. The Morgan fingerprint density at radius 2 is 1.06 bits per heavy atom. The van der Waals surface area contributed by atoms with Crippen LogP contribution in [0.2, 0.25) is 0 Å². The van der Waals surface area contributed by atoms with Crippen molar-refractivity contribution in [2.45, 2.75) is 91.4 Å². The summed E-state index contributed by atoms with van der Waals surface area (Å²) in [6, 6.07) is 24.9. The van der Waals surface area contributed by atoms with Crippen molar-refractivity contribution < 1.29 is 0 Å². The van der Waals surface area contributed by atoms with Crippen LogP contribution in [0.4, 0.5) is 0 Å². The molecular formula is C32H42. The molecule has 0 amide bonds. The first-order valence-corrected chi connectivity index (χ1v) is 12.4. The van der Waals surface area contributed by atoms with Gasteiger partial charge in [0.2, 0.25) is 0 Å². The average molecular weight is 427 g/mol. The van der Waals surface area contributed by atoms with Gasteiger partial charge in [0, 0.05) is 0 Å². The van der Waals surface area contributed by atoms with Crippen LogP contribution in [0.25, 0.3) is 0 Å². The molecule has 0 aliphatic carbocycles. The van der Waals surface area contributed by atoms with E-state index in [-0.39, 0.29) is 10.8 Å². The van der Waals surface area contributed by atoms with Crippen LogP contribution in [0.15, 0.2) is 66.7 Å². The lowest BCUT2D eigenvalue weighted by Crippen LogP contribution is -2.30. The van der Waals surface area contributed by atoms with Gasteiger partial charge in [0.05, 0.1) is 0 Å². The van der Waals surface area contributed by atoms with Gasteiger partial charge in [-0.15, -0.1) is 0 Å². The molecule has 0 N–H and O–H groups in total. The number of hydrogen-bond donors (Lipinski definition) is 0. The molecule has 0 saturated heterocycles. The summed E-state index contributed by atoms with van der Waals surface area (Å²) >= 11 is 0. The Hall–Kier alpha value is -2.34. The number of hydrogen-bond acceptors (Lipinski definition) is 0. The van der Waals surface area contributed by atoms with Gasteiger partial charge in [0.25, 0.3) is 0 Å². The molecule has 3 aromatic rings. The van der Waals surface area contributed by atoms with Crippen molar-refractivity contribution in [1.82, 2.24) is 0 Å². The highest BCUT2D eigenvalue weighted by Gasteiger charge is 2.33. The van der Waals surface area contributed by atoms with Crippen molar-refractivity contribution in [3.8, 4) is 0 Å². The minimum atomic E-state index is 0.127. The van der Waals surface area contributed by atoms with Crippen LogP contribution in [0.3, 0.4) is 0 Å². The maximum absolute atomic E-state index is 2.49. The van der Waals surface area contributed by atoms with Gasteiger partial charge in [-0.25, -0.2) is 0 Å². The summed E-state index contributed by atoms with van der Waals surface area (Å²) in [5, 5.41) is 0. The van der Waals surface area contributed by atoms with Crippen molar-refractivity contribution in [3.05, 3.63) is 106 Å². The van der Waals surface area contributed by atoms with Crippen molar-refractivity contribution in [3.63, 3.8) is 0 Å². The summed E-state index contributed by atoms with van der Waals surface area (Å²) in [5.74, 6) is 0. The number of benzene rings is 3. The molecule has 0 bridgehead atoms. The van der Waals surface area contributed by atoms with Crippen molar-refractivity contribution in [2.75, 3.05) is 0 Å². The van der Waals surface area contributed by atoms with E-state index in [1.807, 2.05) is 0 Å². The topological polar surface area (TPSA) is 0 Å². The van der Waals surface area contributed by atoms with E-state index in [2.05, 4.69) is 115 Å². The summed E-state index contributed by atoms with van der Waals surface area (Å²) in [6.07, 6.45) is 5.71. The monoisotopic (exact) mass is 426 g/mol. The maximum atomic E-state index is 2.49. The van der Waals surface area contributed by atoms with Crippen molar-refractivity contribution >= 4 is 0 Å². The Kier molecular flexibility index (Phi) is 7.65. The van der Waals surface area contributed by atoms with E-state index < -0.39 is 0 Å². The van der Waals surface area contributed by atoms with Crippen LogP contribution in [0.5, 0.6) is 0 Å². The summed E-state index contributed by atoms with van der Waals surface area (Å²) < 4.78 is 0. The molecule has 0 heteroatoms. The Labute approximate surface area is 197 Å². The average Bonchev–Trinajstić information content (AvgIpc) is 2.77. The van der Waals surface area contributed by atoms with Gasteiger partial charge in [-0.2, -0.15) is 0 Å². The second-order valence-electron chi connectivity index (χ2n) is 10.4.